The summed E-state index contributed by atoms with van der Waals surface area (Å²) in [6.07, 6.45) is 0. The summed E-state index contributed by atoms with van der Waals surface area (Å²) in [4.78, 5) is 0. The van der Waals surface area contributed by atoms with Gasteiger partial charge in [0.15, 0.2) is 11.5 Å². The molecule has 0 atom stereocenters. The van der Waals surface area contributed by atoms with Crippen LogP contribution in [0.3, 0.4) is 0 Å². The zero-order valence-corrected chi connectivity index (χ0v) is 14.2. The Morgan fingerprint density at radius 1 is 1.10 bits per heavy atom. The van der Waals surface area contributed by atoms with E-state index in [1.807, 2.05) is 19.1 Å². The molecule has 2 aromatic carbocycles. The van der Waals surface area contributed by atoms with E-state index >= 15 is 0 Å². The van der Waals surface area contributed by atoms with Crippen molar-refractivity contribution in [3.05, 3.63) is 52.0 Å². The molecule has 0 heterocycles. The van der Waals surface area contributed by atoms with Gasteiger partial charge in [-0.05, 0) is 38.1 Å². The summed E-state index contributed by atoms with van der Waals surface area (Å²) in [5.74, 6) is 1.54. The zero-order valence-electron chi connectivity index (χ0n) is 12.6. The van der Waals surface area contributed by atoms with Gasteiger partial charge in [-0.2, -0.15) is 0 Å². The standard InChI is InChI=1S/C17H20BrNO2/c1-4-21-17-14(15(18)9-10-16(17)20-3)11-19-13-7-5-12(2)6-8-13/h5-10,19H,4,11H2,1-3H3. The molecule has 0 saturated heterocycles. The van der Waals surface area contributed by atoms with Gasteiger partial charge < -0.3 is 14.8 Å². The molecule has 0 amide bonds. The van der Waals surface area contributed by atoms with Crippen LogP contribution < -0.4 is 14.8 Å². The molecule has 112 valence electrons. The van der Waals surface area contributed by atoms with Gasteiger partial charge >= 0.3 is 0 Å². The molecular formula is C17H20BrNO2. The molecule has 0 aliphatic carbocycles. The zero-order chi connectivity index (χ0) is 15.2. The number of benzene rings is 2. The molecule has 1 N–H and O–H groups in total. The molecular weight excluding hydrogens is 330 g/mol. The second-order valence-corrected chi connectivity index (χ2v) is 5.56. The Kier molecular flexibility index (Phi) is 5.51. The average molecular weight is 350 g/mol. The smallest absolute Gasteiger partial charge is 0.167 e. The second-order valence-electron chi connectivity index (χ2n) is 4.71. The van der Waals surface area contributed by atoms with Crippen LogP contribution in [0.1, 0.15) is 18.1 Å². The van der Waals surface area contributed by atoms with Gasteiger partial charge in [0.2, 0.25) is 0 Å². The van der Waals surface area contributed by atoms with E-state index in [1.165, 1.54) is 5.56 Å². The predicted molar refractivity (Wildman–Crippen MR) is 90.4 cm³/mol. The highest BCUT2D eigenvalue weighted by Crippen LogP contribution is 2.36. The van der Waals surface area contributed by atoms with Crippen molar-refractivity contribution in [3.63, 3.8) is 0 Å². The van der Waals surface area contributed by atoms with Crippen molar-refractivity contribution >= 4 is 21.6 Å². The lowest BCUT2D eigenvalue weighted by molar-refractivity contribution is 0.307. The van der Waals surface area contributed by atoms with Gasteiger partial charge in [-0.3, -0.25) is 0 Å². The van der Waals surface area contributed by atoms with Crippen LogP contribution in [0.4, 0.5) is 5.69 Å². The Hall–Kier alpha value is -1.68. The maximum absolute atomic E-state index is 5.75. The van der Waals surface area contributed by atoms with E-state index in [-0.39, 0.29) is 0 Å². The number of rotatable bonds is 6. The van der Waals surface area contributed by atoms with Crippen molar-refractivity contribution in [1.82, 2.24) is 0 Å². The van der Waals surface area contributed by atoms with Crippen LogP contribution in [-0.2, 0) is 6.54 Å². The van der Waals surface area contributed by atoms with Crippen LogP contribution in [0.2, 0.25) is 0 Å². The fraction of sp³-hybridized carbons (Fsp3) is 0.294. The SMILES string of the molecule is CCOc1c(OC)ccc(Br)c1CNc1ccc(C)cc1. The van der Waals surface area contributed by atoms with Gasteiger partial charge in [0, 0.05) is 22.3 Å². The van der Waals surface area contributed by atoms with E-state index < -0.39 is 0 Å². The van der Waals surface area contributed by atoms with Crippen LogP contribution in [0.15, 0.2) is 40.9 Å². The minimum Gasteiger partial charge on any atom is -0.493 e. The van der Waals surface area contributed by atoms with Crippen LogP contribution in [-0.4, -0.2) is 13.7 Å². The maximum Gasteiger partial charge on any atom is 0.167 e. The van der Waals surface area contributed by atoms with Gasteiger partial charge in [0.1, 0.15) is 0 Å². The van der Waals surface area contributed by atoms with Crippen LogP contribution in [0, 0.1) is 6.92 Å². The molecule has 21 heavy (non-hydrogen) atoms. The molecule has 0 aliphatic rings. The molecule has 0 radical (unpaired) electrons. The van der Waals surface area contributed by atoms with Gasteiger partial charge in [-0.25, -0.2) is 0 Å². The third-order valence-corrected chi connectivity index (χ3v) is 3.94. The summed E-state index contributed by atoms with van der Waals surface area (Å²) in [6.45, 7) is 5.31. The van der Waals surface area contributed by atoms with E-state index in [9.17, 15) is 0 Å². The highest BCUT2D eigenvalue weighted by molar-refractivity contribution is 9.10. The minimum absolute atomic E-state index is 0.602. The lowest BCUT2D eigenvalue weighted by atomic mass is 10.1. The number of hydrogen-bond donors (Lipinski definition) is 1. The Balaban J connectivity index is 2.23. The molecule has 0 aromatic heterocycles. The Morgan fingerprint density at radius 2 is 1.81 bits per heavy atom. The highest BCUT2D eigenvalue weighted by Gasteiger charge is 2.14. The first-order valence-corrected chi connectivity index (χ1v) is 7.73. The van der Waals surface area contributed by atoms with Crippen molar-refractivity contribution in [2.45, 2.75) is 20.4 Å². The van der Waals surface area contributed by atoms with Crippen molar-refractivity contribution in [3.8, 4) is 11.5 Å². The molecule has 3 nitrogen and oxygen atoms in total. The van der Waals surface area contributed by atoms with Gasteiger partial charge in [0.25, 0.3) is 0 Å². The van der Waals surface area contributed by atoms with Crippen molar-refractivity contribution in [2.24, 2.45) is 0 Å². The minimum atomic E-state index is 0.602. The summed E-state index contributed by atoms with van der Waals surface area (Å²) in [6, 6.07) is 12.2. The Morgan fingerprint density at radius 3 is 2.43 bits per heavy atom. The van der Waals surface area contributed by atoms with E-state index in [1.54, 1.807) is 7.11 Å². The quantitative estimate of drug-likeness (QED) is 0.814. The molecule has 4 heteroatoms. The van der Waals surface area contributed by atoms with Crippen molar-refractivity contribution in [1.29, 1.82) is 0 Å². The second kappa shape index (κ2) is 7.36. The number of aryl methyl sites for hydroxylation is 1. The highest BCUT2D eigenvalue weighted by atomic mass is 79.9. The van der Waals surface area contributed by atoms with Gasteiger partial charge in [-0.1, -0.05) is 33.6 Å². The summed E-state index contributed by atoms with van der Waals surface area (Å²) in [5.41, 5.74) is 3.38. The number of anilines is 1. The number of ether oxygens (including phenoxy) is 2. The number of methoxy groups -OCH3 is 1. The normalized spacial score (nSPS) is 10.3. The third kappa shape index (κ3) is 3.91. The monoisotopic (exact) mass is 349 g/mol. The molecule has 0 unspecified atom stereocenters. The Bertz CT molecular complexity index is 596. The molecule has 2 rings (SSSR count). The fourth-order valence-electron chi connectivity index (χ4n) is 2.07. The molecule has 0 fully saturated rings. The summed E-state index contributed by atoms with van der Waals surface area (Å²) >= 11 is 3.59. The summed E-state index contributed by atoms with van der Waals surface area (Å²) in [5, 5.41) is 3.41. The Labute approximate surface area is 134 Å². The van der Waals surface area contributed by atoms with Crippen LogP contribution in [0.25, 0.3) is 0 Å². The van der Waals surface area contributed by atoms with Gasteiger partial charge in [0.05, 0.1) is 13.7 Å². The van der Waals surface area contributed by atoms with E-state index in [2.05, 4.69) is 52.4 Å². The summed E-state index contributed by atoms with van der Waals surface area (Å²) < 4.78 is 12.1. The molecule has 0 spiro atoms. The van der Waals surface area contributed by atoms with Crippen LogP contribution >= 0.6 is 15.9 Å². The lowest BCUT2D eigenvalue weighted by Crippen LogP contribution is -2.05. The topological polar surface area (TPSA) is 30.5 Å². The van der Waals surface area contributed by atoms with Crippen LogP contribution in [0.5, 0.6) is 11.5 Å². The van der Waals surface area contributed by atoms with E-state index in [0.717, 1.165) is 27.2 Å². The van der Waals surface area contributed by atoms with Gasteiger partial charge in [-0.15, -0.1) is 0 Å². The molecule has 0 saturated carbocycles. The first-order chi connectivity index (χ1) is 10.2. The van der Waals surface area contributed by atoms with E-state index in [0.29, 0.717) is 13.2 Å². The maximum atomic E-state index is 5.75. The molecule has 0 aliphatic heterocycles. The largest absolute Gasteiger partial charge is 0.493 e. The lowest BCUT2D eigenvalue weighted by Gasteiger charge is -2.16. The first kappa shape index (κ1) is 15.7. The number of halogens is 1. The predicted octanol–water partition coefficient (Wildman–Crippen LogP) is 4.78. The fourth-order valence-corrected chi connectivity index (χ4v) is 2.52. The molecule has 2 aromatic rings. The van der Waals surface area contributed by atoms with Crippen molar-refractivity contribution in [2.75, 3.05) is 19.0 Å². The number of hydrogen-bond acceptors (Lipinski definition) is 3. The first-order valence-electron chi connectivity index (χ1n) is 6.94. The average Bonchev–Trinajstić information content (AvgIpc) is 2.49. The molecule has 0 bridgehead atoms. The van der Waals surface area contributed by atoms with Crippen molar-refractivity contribution < 1.29 is 9.47 Å². The summed E-state index contributed by atoms with van der Waals surface area (Å²) in [7, 11) is 1.66. The van der Waals surface area contributed by atoms with E-state index in [4.69, 9.17) is 9.47 Å². The third-order valence-electron chi connectivity index (χ3n) is 3.20. The number of nitrogens with one attached hydrogen (secondary N) is 1.